The largest absolute Gasteiger partial charge is 0.378 e. The Balaban J connectivity index is 2.24. The van der Waals surface area contributed by atoms with Crippen LogP contribution in [-0.4, -0.2) is 67.3 Å². The Kier molecular flexibility index (Phi) is 6.63. The summed E-state index contributed by atoms with van der Waals surface area (Å²) >= 11 is 5.75. The number of rotatable bonds is 8. The third-order valence-corrected chi connectivity index (χ3v) is 2.21. The van der Waals surface area contributed by atoms with Crippen LogP contribution in [0.15, 0.2) is 0 Å². The lowest BCUT2D eigenvalue weighted by Gasteiger charge is -2.10. The lowest BCUT2D eigenvalue weighted by Crippen LogP contribution is -2.20. The van der Waals surface area contributed by atoms with Gasteiger partial charge in [-0.05, 0) is 25.7 Å². The molecule has 0 aliphatic rings. The highest BCUT2D eigenvalue weighted by Crippen LogP contribution is 2.08. The Morgan fingerprint density at radius 2 is 1.89 bits per heavy atom. The molecule has 1 aromatic heterocycles. The maximum atomic E-state index is 5.75. The van der Waals surface area contributed by atoms with E-state index in [0.29, 0.717) is 31.7 Å². The number of ether oxygens (including phenoxy) is 1. The molecule has 0 saturated heterocycles. The Labute approximate surface area is 112 Å². The first-order chi connectivity index (χ1) is 8.61. The van der Waals surface area contributed by atoms with Crippen molar-refractivity contribution < 1.29 is 4.74 Å². The average molecular weight is 275 g/mol. The van der Waals surface area contributed by atoms with Crippen LogP contribution in [0, 0.1) is 0 Å². The number of anilines is 2. The van der Waals surface area contributed by atoms with E-state index in [2.05, 4.69) is 30.5 Å². The van der Waals surface area contributed by atoms with E-state index >= 15 is 0 Å². The first kappa shape index (κ1) is 14.9. The van der Waals surface area contributed by atoms with E-state index in [9.17, 15) is 0 Å². The molecule has 0 aliphatic heterocycles. The fourth-order valence-corrected chi connectivity index (χ4v) is 1.29. The van der Waals surface area contributed by atoms with Crippen molar-refractivity contribution in [1.29, 1.82) is 0 Å². The van der Waals surface area contributed by atoms with Gasteiger partial charge in [0.05, 0.1) is 13.2 Å². The number of nitrogens with zero attached hydrogens (tertiary/aromatic N) is 4. The van der Waals surface area contributed by atoms with Gasteiger partial charge in [-0.2, -0.15) is 15.0 Å². The molecule has 102 valence electrons. The molecular weight excluding hydrogens is 256 g/mol. The van der Waals surface area contributed by atoms with Crippen LogP contribution in [0.25, 0.3) is 0 Å². The van der Waals surface area contributed by atoms with E-state index in [0.717, 1.165) is 6.54 Å². The lowest BCUT2D eigenvalue weighted by molar-refractivity contribution is 0.126. The van der Waals surface area contributed by atoms with Crippen LogP contribution < -0.4 is 10.6 Å². The normalized spacial score (nSPS) is 10.7. The molecule has 0 spiro atoms. The van der Waals surface area contributed by atoms with Crippen molar-refractivity contribution in [2.75, 3.05) is 58.1 Å². The van der Waals surface area contributed by atoms with Crippen LogP contribution in [0.2, 0.25) is 5.28 Å². The van der Waals surface area contributed by atoms with Crippen molar-refractivity contribution in [2.24, 2.45) is 0 Å². The molecule has 0 aromatic carbocycles. The minimum atomic E-state index is 0.158. The second-order valence-electron chi connectivity index (χ2n) is 3.84. The van der Waals surface area contributed by atoms with Gasteiger partial charge in [0.15, 0.2) is 0 Å². The van der Waals surface area contributed by atoms with Gasteiger partial charge in [0, 0.05) is 20.1 Å². The van der Waals surface area contributed by atoms with E-state index < -0.39 is 0 Å². The van der Waals surface area contributed by atoms with Gasteiger partial charge in [-0.1, -0.05) is 0 Å². The molecule has 0 aliphatic carbocycles. The number of likely N-dealkylation sites (N-methyl/N-ethyl adjacent to an activating group) is 1. The van der Waals surface area contributed by atoms with Crippen molar-refractivity contribution in [3.63, 3.8) is 0 Å². The highest BCUT2D eigenvalue weighted by atomic mass is 35.5. The zero-order valence-electron chi connectivity index (χ0n) is 10.9. The summed E-state index contributed by atoms with van der Waals surface area (Å²) in [5.41, 5.74) is 0. The van der Waals surface area contributed by atoms with Crippen LogP contribution in [0.1, 0.15) is 0 Å². The molecule has 1 rings (SSSR count). The van der Waals surface area contributed by atoms with Gasteiger partial charge >= 0.3 is 0 Å². The molecule has 1 aromatic rings. The SMILES string of the molecule is CNc1nc(Cl)nc(NCCOCCN(C)C)n1. The summed E-state index contributed by atoms with van der Waals surface area (Å²) in [7, 11) is 5.74. The molecule has 0 fully saturated rings. The zero-order valence-corrected chi connectivity index (χ0v) is 11.7. The smallest absolute Gasteiger partial charge is 0.228 e. The monoisotopic (exact) mass is 274 g/mol. The standard InChI is InChI=1S/C10H19ClN6O/c1-12-9-14-8(11)15-10(16-9)13-4-6-18-7-5-17(2)3/h4-7H2,1-3H3,(H2,12,13,14,15,16). The van der Waals surface area contributed by atoms with E-state index in [-0.39, 0.29) is 5.28 Å². The van der Waals surface area contributed by atoms with Gasteiger partial charge in [-0.15, -0.1) is 0 Å². The molecule has 18 heavy (non-hydrogen) atoms. The van der Waals surface area contributed by atoms with Gasteiger partial charge < -0.3 is 20.3 Å². The summed E-state index contributed by atoms with van der Waals surface area (Å²) in [5.74, 6) is 0.876. The Bertz CT molecular complexity index is 362. The molecule has 0 unspecified atom stereocenters. The lowest BCUT2D eigenvalue weighted by atomic mass is 10.6. The van der Waals surface area contributed by atoms with Gasteiger partial charge in [-0.25, -0.2) is 0 Å². The van der Waals surface area contributed by atoms with Gasteiger partial charge in [0.2, 0.25) is 17.2 Å². The number of aromatic nitrogens is 3. The fraction of sp³-hybridized carbons (Fsp3) is 0.700. The van der Waals surface area contributed by atoms with E-state index in [4.69, 9.17) is 16.3 Å². The summed E-state index contributed by atoms with van der Waals surface area (Å²) in [4.78, 5) is 14.0. The minimum Gasteiger partial charge on any atom is -0.378 e. The van der Waals surface area contributed by atoms with Gasteiger partial charge in [0.1, 0.15) is 0 Å². The number of nitrogens with one attached hydrogen (secondary N) is 2. The predicted octanol–water partition coefficient (Wildman–Crippen LogP) is 0.557. The van der Waals surface area contributed by atoms with E-state index in [1.54, 1.807) is 7.05 Å². The molecule has 0 atom stereocenters. The van der Waals surface area contributed by atoms with Crippen molar-refractivity contribution in [3.05, 3.63) is 5.28 Å². The first-order valence-electron chi connectivity index (χ1n) is 5.67. The second kappa shape index (κ2) is 8.02. The topological polar surface area (TPSA) is 75.2 Å². The van der Waals surface area contributed by atoms with Crippen molar-refractivity contribution in [2.45, 2.75) is 0 Å². The quantitative estimate of drug-likeness (QED) is 0.671. The van der Waals surface area contributed by atoms with E-state index in [1.165, 1.54) is 0 Å². The highest BCUT2D eigenvalue weighted by molar-refractivity contribution is 6.28. The van der Waals surface area contributed by atoms with Crippen LogP contribution in [0.4, 0.5) is 11.9 Å². The van der Waals surface area contributed by atoms with Crippen molar-refractivity contribution in [1.82, 2.24) is 19.9 Å². The van der Waals surface area contributed by atoms with Crippen LogP contribution in [0.3, 0.4) is 0 Å². The van der Waals surface area contributed by atoms with Crippen LogP contribution >= 0.6 is 11.6 Å². The summed E-state index contributed by atoms with van der Waals surface area (Å²) in [6.07, 6.45) is 0. The van der Waals surface area contributed by atoms with Crippen molar-refractivity contribution >= 4 is 23.5 Å². The zero-order chi connectivity index (χ0) is 13.4. The van der Waals surface area contributed by atoms with Crippen molar-refractivity contribution in [3.8, 4) is 0 Å². The van der Waals surface area contributed by atoms with Gasteiger partial charge in [0.25, 0.3) is 0 Å². The molecular formula is C10H19ClN6O. The summed E-state index contributed by atoms with van der Waals surface area (Å²) in [6, 6.07) is 0. The molecule has 0 amide bonds. The third-order valence-electron chi connectivity index (χ3n) is 2.04. The molecule has 2 N–H and O–H groups in total. The Hall–Kier alpha value is -1.18. The summed E-state index contributed by atoms with van der Waals surface area (Å²) < 4.78 is 5.43. The average Bonchev–Trinajstić information content (AvgIpc) is 2.32. The first-order valence-corrected chi connectivity index (χ1v) is 6.05. The second-order valence-corrected chi connectivity index (χ2v) is 4.18. The number of hydrogen-bond acceptors (Lipinski definition) is 7. The summed E-state index contributed by atoms with van der Waals surface area (Å²) in [6.45, 7) is 2.82. The maximum Gasteiger partial charge on any atom is 0.228 e. The predicted molar refractivity (Wildman–Crippen MR) is 72.2 cm³/mol. The van der Waals surface area contributed by atoms with E-state index in [1.807, 2.05) is 14.1 Å². The summed E-state index contributed by atoms with van der Waals surface area (Å²) in [5, 5.41) is 5.99. The maximum absolute atomic E-state index is 5.75. The molecule has 8 heteroatoms. The molecule has 7 nitrogen and oxygen atoms in total. The Morgan fingerprint density at radius 3 is 2.56 bits per heavy atom. The van der Waals surface area contributed by atoms with Crippen LogP contribution in [-0.2, 0) is 4.74 Å². The molecule has 0 bridgehead atoms. The molecule has 0 radical (unpaired) electrons. The Morgan fingerprint density at radius 1 is 1.17 bits per heavy atom. The highest BCUT2D eigenvalue weighted by Gasteiger charge is 2.02. The number of hydrogen-bond donors (Lipinski definition) is 2. The molecule has 0 saturated carbocycles. The fourth-order valence-electron chi connectivity index (χ4n) is 1.13. The van der Waals surface area contributed by atoms with Gasteiger partial charge in [-0.3, -0.25) is 0 Å². The third kappa shape index (κ3) is 5.95. The molecule has 1 heterocycles. The van der Waals surface area contributed by atoms with Crippen LogP contribution in [0.5, 0.6) is 0 Å². The number of halogens is 1. The minimum absolute atomic E-state index is 0.158.